The maximum atomic E-state index is 13.1. The lowest BCUT2D eigenvalue weighted by molar-refractivity contribution is 0.0942. The summed E-state index contributed by atoms with van der Waals surface area (Å²) >= 11 is 0. The minimum atomic E-state index is -0.320. The van der Waals surface area contributed by atoms with E-state index in [9.17, 15) is 14.9 Å². The summed E-state index contributed by atoms with van der Waals surface area (Å²) in [7, 11) is 0. The van der Waals surface area contributed by atoms with Crippen molar-refractivity contribution in [2.75, 3.05) is 0 Å². The molecule has 4 rings (SSSR count). The Morgan fingerprint density at radius 3 is 2.62 bits per heavy atom. The third-order valence-electron chi connectivity index (χ3n) is 4.90. The lowest BCUT2D eigenvalue weighted by Crippen LogP contribution is -2.40. The molecule has 0 spiro atoms. The third kappa shape index (κ3) is 2.97. The molecule has 0 bridgehead atoms. The number of imidazole rings is 1. The lowest BCUT2D eigenvalue weighted by atomic mass is 10.1. The number of hydrazine groups is 1. The first-order valence-corrected chi connectivity index (χ1v) is 8.98. The van der Waals surface area contributed by atoms with Crippen molar-refractivity contribution >= 4 is 28.8 Å². The van der Waals surface area contributed by atoms with E-state index in [4.69, 9.17) is 0 Å². The van der Waals surface area contributed by atoms with Crippen molar-refractivity contribution in [3.05, 3.63) is 86.4 Å². The summed E-state index contributed by atoms with van der Waals surface area (Å²) < 4.78 is 1.43. The zero-order valence-electron chi connectivity index (χ0n) is 15.9. The Labute approximate surface area is 165 Å². The molecular formula is C22H17N5O2. The van der Waals surface area contributed by atoms with Gasteiger partial charge in [0, 0.05) is 11.8 Å². The third-order valence-corrected chi connectivity index (χ3v) is 4.90. The molecule has 4 aromatic rings. The van der Waals surface area contributed by atoms with E-state index in [0.717, 1.165) is 5.56 Å². The van der Waals surface area contributed by atoms with Crippen LogP contribution < -0.4 is 21.6 Å². The normalized spacial score (nSPS) is 11.6. The zero-order chi connectivity index (χ0) is 20.5. The molecule has 1 amide bonds. The molecule has 0 atom stereocenters. The number of pyridine rings is 1. The summed E-state index contributed by atoms with van der Waals surface area (Å²) in [6, 6.07) is 16.6. The van der Waals surface area contributed by atoms with Gasteiger partial charge in [-0.3, -0.25) is 19.4 Å². The molecule has 0 saturated heterocycles. The van der Waals surface area contributed by atoms with Gasteiger partial charge >= 0.3 is 0 Å². The van der Waals surface area contributed by atoms with Gasteiger partial charge in [-0.1, -0.05) is 30.3 Å². The second-order valence-corrected chi connectivity index (χ2v) is 6.65. The van der Waals surface area contributed by atoms with E-state index in [2.05, 4.69) is 21.9 Å². The average Bonchev–Trinajstić information content (AvgIpc) is 3.10. The Kier molecular flexibility index (Phi) is 4.45. The van der Waals surface area contributed by atoms with Gasteiger partial charge in [0.25, 0.3) is 11.5 Å². The van der Waals surface area contributed by atoms with E-state index in [1.807, 2.05) is 31.2 Å². The van der Waals surface area contributed by atoms with Gasteiger partial charge in [0.2, 0.25) is 0 Å². The summed E-state index contributed by atoms with van der Waals surface area (Å²) in [5.41, 5.74) is 8.73. The highest BCUT2D eigenvalue weighted by Crippen LogP contribution is 2.17. The highest BCUT2D eigenvalue weighted by atomic mass is 16.2. The molecule has 0 saturated carbocycles. The highest BCUT2D eigenvalue weighted by Gasteiger charge is 2.16. The number of aromatic nitrogens is 2. The molecule has 2 N–H and O–H groups in total. The Morgan fingerprint density at radius 1 is 1.14 bits per heavy atom. The second kappa shape index (κ2) is 7.09. The van der Waals surface area contributed by atoms with Gasteiger partial charge in [-0.05, 0) is 43.2 Å². The molecule has 29 heavy (non-hydrogen) atoms. The Bertz CT molecular complexity index is 1430. The number of nitrogens with one attached hydrogen (secondary N) is 2. The maximum absolute atomic E-state index is 13.1. The van der Waals surface area contributed by atoms with Gasteiger partial charge in [-0.25, -0.2) is 4.98 Å². The first kappa shape index (κ1) is 18.2. The average molecular weight is 383 g/mol. The summed E-state index contributed by atoms with van der Waals surface area (Å²) in [4.78, 5) is 29.9. The quantitative estimate of drug-likeness (QED) is 0.525. The number of amides is 1. The highest BCUT2D eigenvalue weighted by molar-refractivity contribution is 5.95. The van der Waals surface area contributed by atoms with Crippen LogP contribution in [0.25, 0.3) is 22.9 Å². The van der Waals surface area contributed by atoms with Gasteiger partial charge in [-0.2, -0.15) is 5.26 Å². The molecule has 0 aliphatic carbocycles. The van der Waals surface area contributed by atoms with Crippen LogP contribution in [-0.2, 0) is 0 Å². The van der Waals surface area contributed by atoms with E-state index in [1.54, 1.807) is 31.2 Å². The first-order chi connectivity index (χ1) is 14.0. The second-order valence-electron chi connectivity index (χ2n) is 6.65. The number of hydrogen-bond acceptors (Lipinski definition) is 5. The molecule has 7 heteroatoms. The molecule has 2 aromatic carbocycles. The minimum absolute atomic E-state index is 0.280. The maximum Gasteiger partial charge on any atom is 0.269 e. The molecule has 0 fully saturated rings. The number of benzene rings is 2. The van der Waals surface area contributed by atoms with Gasteiger partial charge in [0.1, 0.15) is 6.07 Å². The summed E-state index contributed by atoms with van der Waals surface area (Å²) in [5.74, 6) is -0.320. The molecule has 2 heterocycles. The Morgan fingerprint density at radius 2 is 1.86 bits per heavy atom. The van der Waals surface area contributed by atoms with Gasteiger partial charge < -0.3 is 5.43 Å². The predicted molar refractivity (Wildman–Crippen MR) is 110 cm³/mol. The van der Waals surface area contributed by atoms with Gasteiger partial charge in [0.05, 0.1) is 21.8 Å². The Balaban J connectivity index is 1.80. The molecule has 0 aliphatic rings. The number of carbonyl (C=O) groups excluding carboxylic acids is 1. The van der Waals surface area contributed by atoms with Crippen LogP contribution in [0.5, 0.6) is 0 Å². The van der Waals surface area contributed by atoms with Gasteiger partial charge in [-0.15, -0.1) is 0 Å². The van der Waals surface area contributed by atoms with E-state index in [-0.39, 0.29) is 16.7 Å². The SMILES string of the molecule is Cc1ccccc1C(=O)NNC=c1c(C)c(C#N)c2nc3ccccc3n2c1=O. The fourth-order valence-corrected chi connectivity index (χ4v) is 3.36. The van der Waals surface area contributed by atoms with Crippen molar-refractivity contribution in [2.24, 2.45) is 0 Å². The molecule has 2 aromatic heterocycles. The van der Waals surface area contributed by atoms with Crippen molar-refractivity contribution in [1.29, 1.82) is 5.26 Å². The standard InChI is InChI=1S/C22H17N5O2/c1-13-7-3-4-8-15(13)21(28)26-24-12-17-14(2)16(11-23)20-25-18-9-5-6-10-19(18)27(20)22(17)29/h3-10,12,24H,1-2H3,(H,26,28). The van der Waals surface area contributed by atoms with Crippen LogP contribution in [0.15, 0.2) is 53.3 Å². The number of para-hydroxylation sites is 2. The van der Waals surface area contributed by atoms with Crippen molar-refractivity contribution in [3.63, 3.8) is 0 Å². The fraction of sp³-hybridized carbons (Fsp3) is 0.0909. The molecule has 142 valence electrons. The number of nitrogens with zero attached hydrogens (tertiary/aromatic N) is 3. The zero-order valence-corrected chi connectivity index (χ0v) is 15.9. The number of nitriles is 1. The van der Waals surface area contributed by atoms with Crippen LogP contribution in [0.1, 0.15) is 27.0 Å². The number of rotatable bonds is 3. The monoisotopic (exact) mass is 383 g/mol. The smallest absolute Gasteiger partial charge is 0.269 e. The van der Waals surface area contributed by atoms with Crippen LogP contribution in [0.3, 0.4) is 0 Å². The van der Waals surface area contributed by atoms with Crippen molar-refractivity contribution in [2.45, 2.75) is 13.8 Å². The van der Waals surface area contributed by atoms with Crippen LogP contribution in [0.4, 0.5) is 0 Å². The summed E-state index contributed by atoms with van der Waals surface area (Å²) in [5, 5.41) is 9.92. The fourth-order valence-electron chi connectivity index (χ4n) is 3.36. The summed E-state index contributed by atoms with van der Waals surface area (Å²) in [6.45, 7) is 3.53. The number of hydrogen-bond donors (Lipinski definition) is 2. The van der Waals surface area contributed by atoms with E-state index in [0.29, 0.717) is 33.4 Å². The van der Waals surface area contributed by atoms with E-state index >= 15 is 0 Å². The number of carbonyl (C=O) groups is 1. The number of fused-ring (bicyclic) bond motifs is 3. The molecule has 0 radical (unpaired) electrons. The van der Waals surface area contributed by atoms with Crippen molar-refractivity contribution < 1.29 is 4.79 Å². The Hall–Kier alpha value is -4.18. The predicted octanol–water partition coefficient (Wildman–Crippen LogP) is 1.73. The molecule has 0 unspecified atom stereocenters. The first-order valence-electron chi connectivity index (χ1n) is 8.98. The van der Waals surface area contributed by atoms with Gasteiger partial charge in [0.15, 0.2) is 5.65 Å². The van der Waals surface area contributed by atoms with Crippen LogP contribution in [-0.4, -0.2) is 15.3 Å². The summed E-state index contributed by atoms with van der Waals surface area (Å²) in [6.07, 6.45) is 1.41. The van der Waals surface area contributed by atoms with E-state index < -0.39 is 0 Å². The largest absolute Gasteiger partial charge is 0.305 e. The lowest BCUT2D eigenvalue weighted by Gasteiger charge is -2.07. The molecule has 7 nitrogen and oxygen atoms in total. The number of aryl methyl sites for hydroxylation is 1. The van der Waals surface area contributed by atoms with Crippen molar-refractivity contribution in [1.82, 2.24) is 20.2 Å². The van der Waals surface area contributed by atoms with Crippen LogP contribution in [0.2, 0.25) is 0 Å². The van der Waals surface area contributed by atoms with Crippen molar-refractivity contribution in [3.8, 4) is 6.07 Å². The minimum Gasteiger partial charge on any atom is -0.305 e. The molecular weight excluding hydrogens is 366 g/mol. The van der Waals surface area contributed by atoms with Crippen LogP contribution in [0, 0.1) is 25.2 Å². The van der Waals surface area contributed by atoms with E-state index in [1.165, 1.54) is 10.6 Å². The topological polar surface area (TPSA) is 99.3 Å². The van der Waals surface area contributed by atoms with Crippen LogP contribution >= 0.6 is 0 Å². The molecule has 0 aliphatic heterocycles.